The number of nitrogens with zero attached hydrogens (tertiary/aromatic N) is 2. The minimum absolute atomic E-state index is 0.0178. The molecule has 12 nitrogen and oxygen atoms in total. The first-order valence-electron chi connectivity index (χ1n) is 12.9. The molecule has 2 unspecified atom stereocenters. The third-order valence-corrected chi connectivity index (χ3v) is 8.71. The van der Waals surface area contributed by atoms with Gasteiger partial charge in [-0.15, -0.1) is 0 Å². The molecule has 13 heteroatoms. The Labute approximate surface area is 228 Å². The molecule has 1 aliphatic heterocycles. The van der Waals surface area contributed by atoms with Crippen LogP contribution in [0, 0.1) is 12.8 Å². The number of carbonyl (C=O) groups excluding carboxylic acids is 1. The van der Waals surface area contributed by atoms with Crippen LogP contribution in [0.3, 0.4) is 0 Å². The Hall–Kier alpha value is -3.13. The number of aryl methyl sites for hydroxylation is 1. The topological polar surface area (TPSA) is 173 Å². The summed E-state index contributed by atoms with van der Waals surface area (Å²) in [5.41, 5.74) is 6.14. The van der Waals surface area contributed by atoms with E-state index in [1.54, 1.807) is 13.0 Å². The van der Waals surface area contributed by atoms with Gasteiger partial charge in [0.1, 0.15) is 6.10 Å². The molecule has 1 amide bonds. The lowest BCUT2D eigenvalue weighted by Gasteiger charge is -2.31. The average molecular weight is 567 g/mol. The highest BCUT2D eigenvalue weighted by Crippen LogP contribution is 2.24. The van der Waals surface area contributed by atoms with Gasteiger partial charge >= 0.3 is 6.09 Å². The van der Waals surface area contributed by atoms with Crippen molar-refractivity contribution in [1.82, 2.24) is 14.2 Å². The normalized spacial score (nSPS) is 18.0. The number of aromatic hydroxyl groups is 1. The number of rotatable bonds is 12. The van der Waals surface area contributed by atoms with Gasteiger partial charge in [-0.3, -0.25) is 4.79 Å². The average Bonchev–Trinajstić information content (AvgIpc) is 3.37. The second-order valence-corrected chi connectivity index (χ2v) is 11.9. The zero-order valence-electron chi connectivity index (χ0n) is 22.4. The number of hydrogen-bond acceptors (Lipinski definition) is 9. The van der Waals surface area contributed by atoms with Gasteiger partial charge in [-0.2, -0.15) is 4.31 Å². The second kappa shape index (κ2) is 13.3. The zero-order chi connectivity index (χ0) is 28.7. The Morgan fingerprint density at radius 1 is 1.33 bits per heavy atom. The van der Waals surface area contributed by atoms with E-state index < -0.39 is 45.5 Å². The Balaban J connectivity index is 1.89. The van der Waals surface area contributed by atoms with Gasteiger partial charge in [0.25, 0.3) is 0 Å². The van der Waals surface area contributed by atoms with Crippen molar-refractivity contribution >= 4 is 21.8 Å². The number of aliphatic hydroxyl groups excluding tert-OH is 1. The third kappa shape index (κ3) is 8.18. The molecule has 216 valence electrons. The fourth-order valence-corrected chi connectivity index (χ4v) is 6.03. The molecular formula is C26H38N4O8S. The molecule has 0 spiro atoms. The van der Waals surface area contributed by atoms with Crippen molar-refractivity contribution in [2.45, 2.75) is 63.3 Å². The van der Waals surface area contributed by atoms with E-state index in [4.69, 9.17) is 15.2 Å². The molecule has 39 heavy (non-hydrogen) atoms. The van der Waals surface area contributed by atoms with Gasteiger partial charge < -0.3 is 35.3 Å². The van der Waals surface area contributed by atoms with Crippen LogP contribution >= 0.6 is 0 Å². The van der Waals surface area contributed by atoms with Crippen LogP contribution in [0.5, 0.6) is 5.75 Å². The van der Waals surface area contributed by atoms with Gasteiger partial charge in [-0.25, -0.2) is 13.2 Å². The van der Waals surface area contributed by atoms with Gasteiger partial charge in [0, 0.05) is 50.2 Å². The number of nitrogens with two attached hydrogens (primary N) is 1. The molecule has 1 aromatic heterocycles. The number of nitrogen functional groups attached to an aromatic ring is 1. The lowest BCUT2D eigenvalue weighted by atomic mass is 10.1. The number of pyridine rings is 1. The van der Waals surface area contributed by atoms with E-state index in [0.717, 1.165) is 6.07 Å². The van der Waals surface area contributed by atoms with Crippen LogP contribution in [0.25, 0.3) is 0 Å². The van der Waals surface area contributed by atoms with Crippen LogP contribution in [0.15, 0.2) is 46.3 Å². The SMILES string of the molecule is CCC(C)CN(C[C@@H](O)[C@@H](Cn1ccc(=O)c(O)c1)NC(=O)OC1CCOC1)S(=O)(=O)c1ccc(N)cc1C. The summed E-state index contributed by atoms with van der Waals surface area (Å²) < 4.78 is 40.7. The summed E-state index contributed by atoms with van der Waals surface area (Å²) in [6, 6.07) is 4.63. The first-order chi connectivity index (χ1) is 18.4. The maximum absolute atomic E-state index is 13.7. The largest absolute Gasteiger partial charge is 0.503 e. The van der Waals surface area contributed by atoms with Crippen molar-refractivity contribution in [3.05, 3.63) is 52.4 Å². The van der Waals surface area contributed by atoms with Crippen LogP contribution in [0.2, 0.25) is 0 Å². The number of carbonyl (C=O) groups is 1. The third-order valence-electron chi connectivity index (χ3n) is 6.71. The standard InChI is InChI=1S/C26H38N4O8S/c1-4-17(2)12-30(39(35,36)25-6-5-19(27)11-18(25)3)15-23(32)21(13-29-9-7-22(31)24(33)14-29)28-26(34)38-20-8-10-37-16-20/h5-7,9,11,14,17,20-21,23,32-33H,4,8,10,12-13,15-16,27H2,1-3H3,(H,28,34)/t17?,20?,21-,23-/m1/s1. The summed E-state index contributed by atoms with van der Waals surface area (Å²) in [6.45, 7) is 5.94. The van der Waals surface area contributed by atoms with Gasteiger partial charge in [0.2, 0.25) is 15.5 Å². The monoisotopic (exact) mass is 566 g/mol. The number of aliphatic hydroxyl groups is 1. The van der Waals surface area contributed by atoms with Gasteiger partial charge in [-0.1, -0.05) is 20.3 Å². The first-order valence-corrected chi connectivity index (χ1v) is 14.3. The second-order valence-electron chi connectivity index (χ2n) is 9.96. The molecule has 1 aliphatic rings. The molecule has 1 fully saturated rings. The van der Waals surface area contributed by atoms with Crippen molar-refractivity contribution in [2.24, 2.45) is 5.92 Å². The molecule has 4 atom stereocenters. The summed E-state index contributed by atoms with van der Waals surface area (Å²) in [4.78, 5) is 24.4. The minimum atomic E-state index is -4.05. The zero-order valence-corrected chi connectivity index (χ0v) is 23.3. The van der Waals surface area contributed by atoms with E-state index in [9.17, 15) is 28.2 Å². The van der Waals surface area contributed by atoms with E-state index in [2.05, 4.69) is 5.32 Å². The maximum Gasteiger partial charge on any atom is 0.407 e. The van der Waals surface area contributed by atoms with E-state index in [0.29, 0.717) is 30.7 Å². The summed E-state index contributed by atoms with van der Waals surface area (Å²) in [6.07, 6.45) is 1.19. The predicted molar refractivity (Wildman–Crippen MR) is 145 cm³/mol. The Bertz CT molecular complexity index is 1290. The molecule has 2 aromatic rings. The molecule has 1 saturated heterocycles. The molecular weight excluding hydrogens is 528 g/mol. The van der Waals surface area contributed by atoms with Crippen LogP contribution < -0.4 is 16.5 Å². The fraction of sp³-hybridized carbons (Fsp3) is 0.538. The molecule has 2 heterocycles. The number of ether oxygens (including phenoxy) is 2. The van der Waals surface area contributed by atoms with Gasteiger partial charge in [-0.05, 0) is 36.6 Å². The predicted octanol–water partition coefficient (Wildman–Crippen LogP) is 1.43. The molecule has 5 N–H and O–H groups in total. The van der Waals surface area contributed by atoms with Crippen LogP contribution in [0.1, 0.15) is 32.3 Å². The molecule has 1 aromatic carbocycles. The summed E-state index contributed by atoms with van der Waals surface area (Å²) in [5.74, 6) is -0.521. The molecule has 0 bridgehead atoms. The number of amides is 1. The summed E-state index contributed by atoms with van der Waals surface area (Å²) in [7, 11) is -4.05. The lowest BCUT2D eigenvalue weighted by molar-refractivity contribution is 0.0611. The van der Waals surface area contributed by atoms with Crippen molar-refractivity contribution < 1.29 is 32.9 Å². The minimum Gasteiger partial charge on any atom is -0.503 e. The Morgan fingerprint density at radius 2 is 2.08 bits per heavy atom. The summed E-state index contributed by atoms with van der Waals surface area (Å²) in [5, 5.41) is 23.8. The van der Waals surface area contributed by atoms with Crippen LogP contribution in [-0.4, -0.2) is 78.1 Å². The number of aromatic nitrogens is 1. The van der Waals surface area contributed by atoms with Gasteiger partial charge in [0.05, 0.1) is 30.3 Å². The number of alkyl carbamates (subject to hydrolysis) is 1. The highest BCUT2D eigenvalue weighted by Gasteiger charge is 2.33. The van der Waals surface area contributed by atoms with Crippen molar-refractivity contribution in [3.8, 4) is 5.75 Å². The number of hydrogen-bond donors (Lipinski definition) is 4. The number of nitrogens with one attached hydrogen (secondary N) is 1. The van der Waals surface area contributed by atoms with E-state index in [-0.39, 0.29) is 37.1 Å². The number of sulfonamides is 1. The fourth-order valence-electron chi connectivity index (χ4n) is 4.24. The van der Waals surface area contributed by atoms with Crippen molar-refractivity contribution in [1.29, 1.82) is 0 Å². The van der Waals surface area contributed by atoms with Gasteiger partial charge in [0.15, 0.2) is 5.75 Å². The van der Waals surface area contributed by atoms with Crippen LogP contribution in [-0.2, 0) is 26.0 Å². The molecule has 0 radical (unpaired) electrons. The van der Waals surface area contributed by atoms with Crippen molar-refractivity contribution in [2.75, 3.05) is 32.0 Å². The number of benzene rings is 1. The Kier molecular flexibility index (Phi) is 10.4. The van der Waals surface area contributed by atoms with E-state index in [1.165, 1.54) is 33.4 Å². The van der Waals surface area contributed by atoms with E-state index in [1.807, 2.05) is 13.8 Å². The molecule has 0 saturated carbocycles. The summed E-state index contributed by atoms with van der Waals surface area (Å²) >= 11 is 0. The smallest absolute Gasteiger partial charge is 0.407 e. The Morgan fingerprint density at radius 3 is 2.69 bits per heavy atom. The molecule has 3 rings (SSSR count). The molecule has 0 aliphatic carbocycles. The first kappa shape index (κ1) is 30.4. The quantitative estimate of drug-likeness (QED) is 0.277. The highest BCUT2D eigenvalue weighted by molar-refractivity contribution is 7.89. The van der Waals surface area contributed by atoms with E-state index >= 15 is 0 Å². The van der Waals surface area contributed by atoms with Crippen molar-refractivity contribution in [3.63, 3.8) is 0 Å². The van der Waals surface area contributed by atoms with Crippen LogP contribution in [0.4, 0.5) is 10.5 Å². The maximum atomic E-state index is 13.7. The highest BCUT2D eigenvalue weighted by atomic mass is 32.2. The number of anilines is 1. The lowest BCUT2D eigenvalue weighted by Crippen LogP contribution is -2.52.